The molecule has 0 aromatic heterocycles. The van der Waals surface area contributed by atoms with E-state index < -0.39 is 0 Å². The van der Waals surface area contributed by atoms with Gasteiger partial charge in [-0.1, -0.05) is 6.07 Å². The Hall–Kier alpha value is -1.66. The maximum absolute atomic E-state index is 10.9. The number of anilines is 1. The highest BCUT2D eigenvalue weighted by Gasteiger charge is 2.18. The Kier molecular flexibility index (Phi) is 4.34. The van der Waals surface area contributed by atoms with Crippen LogP contribution in [-0.2, 0) is 4.74 Å². The zero-order valence-corrected chi connectivity index (χ0v) is 11.3. The highest BCUT2D eigenvalue weighted by atomic mass is 16.6. The lowest BCUT2D eigenvalue weighted by molar-refractivity contribution is -0.385. The van der Waals surface area contributed by atoms with Gasteiger partial charge in [-0.15, -0.1) is 0 Å². The first-order valence-corrected chi connectivity index (χ1v) is 6.35. The van der Waals surface area contributed by atoms with E-state index in [4.69, 9.17) is 4.74 Å². The van der Waals surface area contributed by atoms with Crippen molar-refractivity contribution in [2.24, 2.45) is 0 Å². The van der Waals surface area contributed by atoms with Gasteiger partial charge >= 0.3 is 0 Å². The first-order chi connectivity index (χ1) is 9.06. The summed E-state index contributed by atoms with van der Waals surface area (Å²) in [6.07, 6.45) is 0.124. The van der Waals surface area contributed by atoms with Gasteiger partial charge < -0.3 is 15.0 Å². The van der Waals surface area contributed by atoms with Crippen LogP contribution in [0.2, 0.25) is 0 Å². The van der Waals surface area contributed by atoms with Gasteiger partial charge in [0, 0.05) is 37.0 Å². The van der Waals surface area contributed by atoms with Gasteiger partial charge in [-0.25, -0.2) is 0 Å². The van der Waals surface area contributed by atoms with Crippen molar-refractivity contribution >= 4 is 11.4 Å². The molecule has 1 aliphatic rings. The molecule has 1 fully saturated rings. The largest absolute Gasteiger partial charge is 0.382 e. The third kappa shape index (κ3) is 3.65. The predicted octanol–water partition coefficient (Wildman–Crippen LogP) is 1.65. The van der Waals surface area contributed by atoms with Crippen molar-refractivity contribution in [1.82, 2.24) is 4.90 Å². The zero-order chi connectivity index (χ0) is 13.8. The van der Waals surface area contributed by atoms with Gasteiger partial charge in [0.15, 0.2) is 0 Å². The molecular weight excluding hydrogens is 246 g/mol. The van der Waals surface area contributed by atoms with Crippen LogP contribution in [0, 0.1) is 17.0 Å². The second kappa shape index (κ2) is 5.99. The van der Waals surface area contributed by atoms with Crippen molar-refractivity contribution in [1.29, 1.82) is 0 Å². The monoisotopic (exact) mass is 265 g/mol. The van der Waals surface area contributed by atoms with Crippen LogP contribution in [-0.4, -0.2) is 49.2 Å². The number of benzene rings is 1. The van der Waals surface area contributed by atoms with E-state index in [-0.39, 0.29) is 16.7 Å². The molecule has 2 rings (SSSR count). The Bertz CT molecular complexity index is 464. The standard InChI is InChI=1S/C13H19N3O3/c1-10-3-4-11(7-13(10)16(17)18)14-8-12-9-15(2)5-6-19-12/h3-4,7,12,14H,5-6,8-9H2,1-2H3. The number of rotatable bonds is 4. The number of nitrogens with one attached hydrogen (secondary N) is 1. The molecule has 1 unspecified atom stereocenters. The molecule has 1 saturated heterocycles. The fraction of sp³-hybridized carbons (Fsp3) is 0.538. The number of likely N-dealkylation sites (N-methyl/N-ethyl adjacent to an activating group) is 1. The maximum Gasteiger partial charge on any atom is 0.274 e. The molecule has 0 saturated carbocycles. The molecule has 0 radical (unpaired) electrons. The number of nitrogens with zero attached hydrogens (tertiary/aromatic N) is 2. The summed E-state index contributed by atoms with van der Waals surface area (Å²) in [6.45, 7) is 4.95. The number of morpholine rings is 1. The average Bonchev–Trinajstić information content (AvgIpc) is 2.37. The van der Waals surface area contributed by atoms with Crippen molar-refractivity contribution in [2.75, 3.05) is 38.6 Å². The summed E-state index contributed by atoms with van der Waals surface area (Å²) < 4.78 is 5.63. The zero-order valence-electron chi connectivity index (χ0n) is 11.3. The predicted molar refractivity (Wildman–Crippen MR) is 73.6 cm³/mol. The molecule has 1 aromatic rings. The lowest BCUT2D eigenvalue weighted by Gasteiger charge is -2.30. The Morgan fingerprint density at radius 1 is 1.58 bits per heavy atom. The van der Waals surface area contributed by atoms with E-state index in [1.165, 1.54) is 0 Å². The molecule has 0 amide bonds. The number of hydrogen-bond donors (Lipinski definition) is 1. The number of ether oxygens (including phenoxy) is 1. The smallest absolute Gasteiger partial charge is 0.274 e. The molecule has 1 heterocycles. The summed E-state index contributed by atoms with van der Waals surface area (Å²) in [5.41, 5.74) is 1.57. The van der Waals surface area contributed by atoms with Gasteiger partial charge in [-0.3, -0.25) is 10.1 Å². The van der Waals surface area contributed by atoms with E-state index in [2.05, 4.69) is 17.3 Å². The van der Waals surface area contributed by atoms with Crippen LogP contribution in [0.1, 0.15) is 5.56 Å². The van der Waals surface area contributed by atoms with Crippen LogP contribution >= 0.6 is 0 Å². The molecule has 0 bridgehead atoms. The van der Waals surface area contributed by atoms with E-state index in [1.54, 1.807) is 19.1 Å². The normalized spacial score (nSPS) is 20.2. The van der Waals surface area contributed by atoms with Crippen molar-refractivity contribution < 1.29 is 9.66 Å². The van der Waals surface area contributed by atoms with Gasteiger partial charge in [0.25, 0.3) is 5.69 Å². The molecule has 1 aromatic carbocycles. The van der Waals surface area contributed by atoms with E-state index in [9.17, 15) is 10.1 Å². The molecule has 6 nitrogen and oxygen atoms in total. The van der Waals surface area contributed by atoms with E-state index in [1.807, 2.05) is 6.07 Å². The van der Waals surface area contributed by atoms with Crippen LogP contribution in [0.5, 0.6) is 0 Å². The number of nitro groups is 1. The maximum atomic E-state index is 10.9. The highest BCUT2D eigenvalue weighted by Crippen LogP contribution is 2.22. The molecule has 1 atom stereocenters. The fourth-order valence-electron chi connectivity index (χ4n) is 2.14. The molecule has 19 heavy (non-hydrogen) atoms. The Morgan fingerprint density at radius 2 is 2.37 bits per heavy atom. The summed E-state index contributed by atoms with van der Waals surface area (Å²) in [5.74, 6) is 0. The van der Waals surface area contributed by atoms with Gasteiger partial charge in [-0.2, -0.15) is 0 Å². The lowest BCUT2D eigenvalue weighted by atomic mass is 10.2. The Balaban J connectivity index is 1.96. The van der Waals surface area contributed by atoms with E-state index in [0.29, 0.717) is 12.1 Å². The topological polar surface area (TPSA) is 67.6 Å². The number of aryl methyl sites for hydroxylation is 1. The molecule has 104 valence electrons. The van der Waals surface area contributed by atoms with E-state index >= 15 is 0 Å². The molecule has 6 heteroatoms. The first kappa shape index (κ1) is 13.8. The minimum absolute atomic E-state index is 0.124. The van der Waals surface area contributed by atoms with Gasteiger partial charge in [0.05, 0.1) is 17.6 Å². The minimum atomic E-state index is -0.356. The minimum Gasteiger partial charge on any atom is -0.382 e. The second-order valence-electron chi connectivity index (χ2n) is 4.89. The van der Waals surface area contributed by atoms with Crippen molar-refractivity contribution in [3.05, 3.63) is 33.9 Å². The molecule has 1 N–H and O–H groups in total. The molecule has 1 aliphatic heterocycles. The second-order valence-corrected chi connectivity index (χ2v) is 4.89. The number of nitro benzene ring substituents is 1. The fourth-order valence-corrected chi connectivity index (χ4v) is 2.14. The summed E-state index contributed by atoms with van der Waals surface area (Å²) in [7, 11) is 2.06. The SMILES string of the molecule is Cc1ccc(NCC2CN(C)CCO2)cc1[N+](=O)[O-]. The average molecular weight is 265 g/mol. The summed E-state index contributed by atoms with van der Waals surface area (Å²) >= 11 is 0. The summed E-state index contributed by atoms with van der Waals surface area (Å²) in [6, 6.07) is 5.19. The summed E-state index contributed by atoms with van der Waals surface area (Å²) in [5, 5.41) is 14.1. The van der Waals surface area contributed by atoms with Crippen molar-refractivity contribution in [2.45, 2.75) is 13.0 Å². The Morgan fingerprint density at radius 3 is 3.05 bits per heavy atom. The third-order valence-corrected chi connectivity index (χ3v) is 3.28. The Labute approximate surface area is 112 Å². The van der Waals surface area contributed by atoms with Gasteiger partial charge in [0.2, 0.25) is 0 Å². The van der Waals surface area contributed by atoms with Crippen LogP contribution < -0.4 is 5.32 Å². The van der Waals surface area contributed by atoms with E-state index in [0.717, 1.165) is 25.4 Å². The molecule has 0 spiro atoms. The first-order valence-electron chi connectivity index (χ1n) is 6.35. The third-order valence-electron chi connectivity index (χ3n) is 3.28. The van der Waals surface area contributed by atoms with Crippen molar-refractivity contribution in [3.8, 4) is 0 Å². The number of hydrogen-bond acceptors (Lipinski definition) is 5. The molecular formula is C13H19N3O3. The van der Waals surface area contributed by atoms with Crippen LogP contribution in [0.15, 0.2) is 18.2 Å². The van der Waals surface area contributed by atoms with Crippen molar-refractivity contribution in [3.63, 3.8) is 0 Å². The highest BCUT2D eigenvalue weighted by molar-refractivity contribution is 5.54. The quantitative estimate of drug-likeness (QED) is 0.662. The lowest BCUT2D eigenvalue weighted by Crippen LogP contribution is -2.43. The van der Waals surface area contributed by atoms with Crippen LogP contribution in [0.3, 0.4) is 0 Å². The van der Waals surface area contributed by atoms with Crippen LogP contribution in [0.4, 0.5) is 11.4 Å². The van der Waals surface area contributed by atoms with Gasteiger partial charge in [0.1, 0.15) is 0 Å². The van der Waals surface area contributed by atoms with Gasteiger partial charge in [-0.05, 0) is 20.0 Å². The summed E-state index contributed by atoms with van der Waals surface area (Å²) in [4.78, 5) is 12.7. The molecule has 0 aliphatic carbocycles. The van der Waals surface area contributed by atoms with Crippen LogP contribution in [0.25, 0.3) is 0 Å².